The molecule has 1 N–H and O–H groups in total. The van der Waals surface area contributed by atoms with Gasteiger partial charge in [0, 0.05) is 11.5 Å². The van der Waals surface area contributed by atoms with E-state index in [2.05, 4.69) is 10.2 Å². The Labute approximate surface area is 104 Å². The fourth-order valence-corrected chi connectivity index (χ4v) is 1.68. The zero-order valence-electron chi connectivity index (χ0n) is 10.3. The van der Waals surface area contributed by atoms with Gasteiger partial charge in [-0.25, -0.2) is 0 Å². The Bertz CT molecular complexity index is 563. The van der Waals surface area contributed by atoms with E-state index in [-0.39, 0.29) is 12.3 Å². The zero-order valence-corrected chi connectivity index (χ0v) is 10.3. The van der Waals surface area contributed by atoms with Gasteiger partial charge in [-0.1, -0.05) is 24.6 Å². The molecular weight excluding hydrogens is 232 g/mol. The number of carboxylic acids is 1. The molecule has 2 aromatic rings. The number of carboxylic acid groups (broad SMARTS) is 1. The highest BCUT2D eigenvalue weighted by atomic mass is 16.4. The molecule has 0 aliphatic rings. The lowest BCUT2D eigenvalue weighted by atomic mass is 10.1. The molecule has 1 aromatic heterocycles. The molecule has 1 unspecified atom stereocenters. The van der Waals surface area contributed by atoms with Crippen LogP contribution in [0.25, 0.3) is 11.5 Å². The van der Waals surface area contributed by atoms with Crippen LogP contribution in [0.5, 0.6) is 0 Å². The number of rotatable bonds is 4. The third-order valence-electron chi connectivity index (χ3n) is 2.61. The van der Waals surface area contributed by atoms with Crippen molar-refractivity contribution in [2.75, 3.05) is 0 Å². The summed E-state index contributed by atoms with van der Waals surface area (Å²) in [6, 6.07) is 7.72. The van der Waals surface area contributed by atoms with Crippen molar-refractivity contribution >= 4 is 5.97 Å². The normalized spacial score (nSPS) is 12.3. The first-order valence-corrected chi connectivity index (χ1v) is 5.68. The van der Waals surface area contributed by atoms with Gasteiger partial charge in [0.25, 0.3) is 0 Å². The fraction of sp³-hybridized carbons (Fsp3) is 0.308. The van der Waals surface area contributed by atoms with Gasteiger partial charge in [0.05, 0.1) is 6.42 Å². The number of benzene rings is 1. The summed E-state index contributed by atoms with van der Waals surface area (Å²) in [6.45, 7) is 3.73. The quantitative estimate of drug-likeness (QED) is 0.897. The molecule has 0 aliphatic carbocycles. The summed E-state index contributed by atoms with van der Waals surface area (Å²) in [4.78, 5) is 10.6. The Morgan fingerprint density at radius 2 is 2.22 bits per heavy atom. The van der Waals surface area contributed by atoms with E-state index in [1.54, 1.807) is 6.92 Å². The van der Waals surface area contributed by atoms with Crippen molar-refractivity contribution in [1.82, 2.24) is 10.2 Å². The van der Waals surface area contributed by atoms with Crippen LogP contribution in [0.15, 0.2) is 28.7 Å². The number of hydrogen-bond donors (Lipinski definition) is 1. The van der Waals surface area contributed by atoms with E-state index in [1.165, 1.54) is 0 Å². The van der Waals surface area contributed by atoms with Crippen LogP contribution in [0.4, 0.5) is 0 Å². The molecule has 0 radical (unpaired) electrons. The summed E-state index contributed by atoms with van der Waals surface area (Å²) >= 11 is 0. The molecule has 0 bridgehead atoms. The molecule has 0 saturated carbocycles. The Morgan fingerprint density at radius 1 is 1.44 bits per heavy atom. The van der Waals surface area contributed by atoms with Crippen molar-refractivity contribution in [2.45, 2.75) is 26.2 Å². The lowest BCUT2D eigenvalue weighted by Gasteiger charge is -2.01. The predicted octanol–water partition coefficient (Wildman–Crippen LogP) is 2.62. The van der Waals surface area contributed by atoms with E-state index in [4.69, 9.17) is 9.52 Å². The van der Waals surface area contributed by atoms with Crippen LogP contribution in [0.3, 0.4) is 0 Å². The molecule has 1 aromatic carbocycles. The van der Waals surface area contributed by atoms with Gasteiger partial charge in [-0.2, -0.15) is 0 Å². The minimum absolute atomic E-state index is 0.0184. The summed E-state index contributed by atoms with van der Waals surface area (Å²) < 4.78 is 5.50. The molecule has 0 fully saturated rings. The maximum absolute atomic E-state index is 10.6. The number of aromatic nitrogens is 2. The molecule has 0 aliphatic heterocycles. The molecule has 94 valence electrons. The van der Waals surface area contributed by atoms with Crippen molar-refractivity contribution in [3.8, 4) is 11.5 Å². The highest BCUT2D eigenvalue weighted by molar-refractivity contribution is 5.67. The topological polar surface area (TPSA) is 76.2 Å². The highest BCUT2D eigenvalue weighted by Crippen LogP contribution is 2.23. The van der Waals surface area contributed by atoms with E-state index < -0.39 is 5.97 Å². The second-order valence-electron chi connectivity index (χ2n) is 4.31. The number of nitrogens with zero attached hydrogens (tertiary/aromatic N) is 2. The number of hydrogen-bond acceptors (Lipinski definition) is 4. The van der Waals surface area contributed by atoms with Gasteiger partial charge >= 0.3 is 5.97 Å². The first kappa shape index (κ1) is 12.3. The van der Waals surface area contributed by atoms with Crippen molar-refractivity contribution in [1.29, 1.82) is 0 Å². The zero-order chi connectivity index (χ0) is 13.1. The average molecular weight is 246 g/mol. The summed E-state index contributed by atoms with van der Waals surface area (Å²) in [7, 11) is 0. The average Bonchev–Trinajstić information content (AvgIpc) is 2.77. The molecule has 5 nitrogen and oxygen atoms in total. The Kier molecular flexibility index (Phi) is 3.41. The Morgan fingerprint density at radius 3 is 2.89 bits per heavy atom. The molecule has 0 amide bonds. The second-order valence-corrected chi connectivity index (χ2v) is 4.31. The maximum Gasteiger partial charge on any atom is 0.304 e. The van der Waals surface area contributed by atoms with Gasteiger partial charge in [-0.15, -0.1) is 10.2 Å². The minimum Gasteiger partial charge on any atom is -0.481 e. The van der Waals surface area contributed by atoms with E-state index in [0.717, 1.165) is 11.1 Å². The van der Waals surface area contributed by atoms with Crippen LogP contribution in [0.1, 0.15) is 30.7 Å². The Hall–Kier alpha value is -2.17. The SMILES string of the molecule is Cc1cccc(-c2nnc(C(C)CC(=O)O)o2)c1. The first-order valence-electron chi connectivity index (χ1n) is 5.68. The van der Waals surface area contributed by atoms with Crippen LogP contribution < -0.4 is 0 Å². The predicted molar refractivity (Wildman–Crippen MR) is 65.1 cm³/mol. The Balaban J connectivity index is 2.22. The van der Waals surface area contributed by atoms with Gasteiger partial charge in [0.2, 0.25) is 11.8 Å². The molecule has 1 atom stereocenters. The largest absolute Gasteiger partial charge is 0.481 e. The smallest absolute Gasteiger partial charge is 0.304 e. The van der Waals surface area contributed by atoms with Gasteiger partial charge < -0.3 is 9.52 Å². The second kappa shape index (κ2) is 5.00. The summed E-state index contributed by atoms with van der Waals surface area (Å²) in [6.07, 6.45) is -0.0184. The lowest BCUT2D eigenvalue weighted by Crippen LogP contribution is -2.02. The first-order chi connectivity index (χ1) is 8.56. The van der Waals surface area contributed by atoms with Crippen LogP contribution in [-0.2, 0) is 4.79 Å². The molecular formula is C13H14N2O3. The fourth-order valence-electron chi connectivity index (χ4n) is 1.68. The van der Waals surface area contributed by atoms with Crippen LogP contribution in [0, 0.1) is 6.92 Å². The van der Waals surface area contributed by atoms with Crippen LogP contribution >= 0.6 is 0 Å². The maximum atomic E-state index is 10.6. The highest BCUT2D eigenvalue weighted by Gasteiger charge is 2.17. The number of aryl methyl sites for hydroxylation is 1. The summed E-state index contributed by atoms with van der Waals surface area (Å²) in [5, 5.41) is 16.6. The summed E-state index contributed by atoms with van der Waals surface area (Å²) in [5.41, 5.74) is 1.95. The van der Waals surface area contributed by atoms with Crippen molar-refractivity contribution < 1.29 is 14.3 Å². The molecule has 1 heterocycles. The number of aliphatic carboxylic acids is 1. The van der Waals surface area contributed by atoms with E-state index >= 15 is 0 Å². The molecule has 0 saturated heterocycles. The van der Waals surface area contributed by atoms with Crippen LogP contribution in [0.2, 0.25) is 0 Å². The molecule has 5 heteroatoms. The number of carbonyl (C=O) groups is 1. The van der Waals surface area contributed by atoms with Gasteiger partial charge in [0.1, 0.15) is 0 Å². The lowest BCUT2D eigenvalue weighted by molar-refractivity contribution is -0.137. The third-order valence-corrected chi connectivity index (χ3v) is 2.61. The molecule has 2 rings (SSSR count). The van der Waals surface area contributed by atoms with Crippen molar-refractivity contribution in [3.05, 3.63) is 35.7 Å². The monoisotopic (exact) mass is 246 g/mol. The molecule has 18 heavy (non-hydrogen) atoms. The van der Waals surface area contributed by atoms with Gasteiger partial charge in [-0.3, -0.25) is 4.79 Å². The van der Waals surface area contributed by atoms with E-state index in [1.807, 2.05) is 31.2 Å². The van der Waals surface area contributed by atoms with Gasteiger partial charge in [-0.05, 0) is 19.1 Å². The standard InChI is InChI=1S/C13H14N2O3/c1-8-4-3-5-10(6-8)13-15-14-12(18-13)9(2)7-11(16)17/h3-6,9H,7H2,1-2H3,(H,16,17). The van der Waals surface area contributed by atoms with E-state index in [9.17, 15) is 4.79 Å². The van der Waals surface area contributed by atoms with Gasteiger partial charge in [0.15, 0.2) is 0 Å². The minimum atomic E-state index is -0.877. The van der Waals surface area contributed by atoms with Crippen LogP contribution in [-0.4, -0.2) is 21.3 Å². The van der Waals surface area contributed by atoms with Crippen molar-refractivity contribution in [3.63, 3.8) is 0 Å². The van der Waals surface area contributed by atoms with E-state index in [0.29, 0.717) is 11.8 Å². The molecule has 0 spiro atoms. The third kappa shape index (κ3) is 2.74. The van der Waals surface area contributed by atoms with Crippen molar-refractivity contribution in [2.24, 2.45) is 0 Å². The summed E-state index contributed by atoms with van der Waals surface area (Å²) in [5.74, 6) is -0.383.